The molecule has 0 saturated heterocycles. The van der Waals surface area contributed by atoms with Gasteiger partial charge in [0.2, 0.25) is 10.0 Å². The van der Waals surface area contributed by atoms with E-state index in [1.165, 1.54) is 4.31 Å². The van der Waals surface area contributed by atoms with Crippen LogP contribution in [0.3, 0.4) is 0 Å². The number of aromatic nitrogens is 2. The minimum absolute atomic E-state index is 0.0207. The second-order valence-corrected chi connectivity index (χ2v) is 8.20. The highest BCUT2D eigenvalue weighted by molar-refractivity contribution is 7.92. The van der Waals surface area contributed by atoms with Crippen LogP contribution in [0.2, 0.25) is 0 Å². The van der Waals surface area contributed by atoms with Crippen molar-refractivity contribution in [2.75, 3.05) is 11.4 Å². The lowest BCUT2D eigenvalue weighted by molar-refractivity contribution is 0.593. The molecule has 0 aliphatic heterocycles. The van der Waals surface area contributed by atoms with Crippen LogP contribution in [-0.4, -0.2) is 25.4 Å². The van der Waals surface area contributed by atoms with Crippen LogP contribution >= 0.6 is 0 Å². The van der Waals surface area contributed by atoms with Crippen molar-refractivity contribution in [1.82, 2.24) is 9.97 Å². The van der Waals surface area contributed by atoms with E-state index in [2.05, 4.69) is 16.9 Å². The Hall–Kier alpha value is -2.34. The molecule has 0 aliphatic carbocycles. The molecule has 0 spiro atoms. The first-order valence-electron chi connectivity index (χ1n) is 8.49. The van der Waals surface area contributed by atoms with Gasteiger partial charge in [0.1, 0.15) is 5.82 Å². The standard InChI is InChI=1S/C19H23N3O2S/c1-3-4-10-19-20-17-12-11-16(13-18(17)21-19)22(2)25(23,24)14-15-8-6-5-7-9-15/h5-9,11-13H,3-4,10,14H2,1-2H3,(H,20,21). The Morgan fingerprint density at radius 2 is 1.88 bits per heavy atom. The molecule has 0 bridgehead atoms. The van der Waals surface area contributed by atoms with Gasteiger partial charge < -0.3 is 4.98 Å². The number of fused-ring (bicyclic) bond motifs is 1. The molecule has 0 amide bonds. The zero-order valence-electron chi connectivity index (χ0n) is 14.6. The first kappa shape index (κ1) is 17.5. The van der Waals surface area contributed by atoms with Gasteiger partial charge in [0, 0.05) is 13.5 Å². The fraction of sp³-hybridized carbons (Fsp3) is 0.316. The number of hydrogen-bond donors (Lipinski definition) is 1. The van der Waals surface area contributed by atoms with E-state index in [0.29, 0.717) is 5.69 Å². The predicted octanol–water partition coefficient (Wildman–Crippen LogP) is 3.87. The summed E-state index contributed by atoms with van der Waals surface area (Å²) in [6, 6.07) is 14.7. The summed E-state index contributed by atoms with van der Waals surface area (Å²) in [5.41, 5.74) is 3.14. The van der Waals surface area contributed by atoms with Crippen LogP contribution in [0.1, 0.15) is 31.2 Å². The number of unbranched alkanes of at least 4 members (excludes halogenated alkanes) is 1. The number of aromatic amines is 1. The van der Waals surface area contributed by atoms with Gasteiger partial charge in [-0.05, 0) is 30.2 Å². The maximum absolute atomic E-state index is 12.7. The van der Waals surface area contributed by atoms with Crippen LogP contribution in [-0.2, 0) is 22.2 Å². The molecule has 0 saturated carbocycles. The van der Waals surface area contributed by atoms with E-state index < -0.39 is 10.0 Å². The van der Waals surface area contributed by atoms with Gasteiger partial charge in [0.15, 0.2) is 0 Å². The number of hydrogen-bond acceptors (Lipinski definition) is 3. The lowest BCUT2D eigenvalue weighted by atomic mass is 10.2. The van der Waals surface area contributed by atoms with Gasteiger partial charge in [-0.2, -0.15) is 0 Å². The molecular formula is C19H23N3O2S. The molecule has 132 valence electrons. The predicted molar refractivity (Wildman–Crippen MR) is 102 cm³/mol. The summed E-state index contributed by atoms with van der Waals surface area (Å²) in [7, 11) is -1.85. The second kappa shape index (κ2) is 7.27. The molecule has 0 unspecified atom stereocenters. The van der Waals surface area contributed by atoms with Crippen LogP contribution in [0.4, 0.5) is 5.69 Å². The Balaban J connectivity index is 1.84. The largest absolute Gasteiger partial charge is 0.342 e. The molecule has 2 aromatic carbocycles. The van der Waals surface area contributed by atoms with Crippen LogP contribution in [0.5, 0.6) is 0 Å². The minimum atomic E-state index is -3.44. The number of H-pyrrole nitrogens is 1. The summed E-state index contributed by atoms with van der Waals surface area (Å²) in [5.74, 6) is 0.927. The lowest BCUT2D eigenvalue weighted by Gasteiger charge is -2.19. The fourth-order valence-corrected chi connectivity index (χ4v) is 3.99. The van der Waals surface area contributed by atoms with Crippen molar-refractivity contribution in [3.8, 4) is 0 Å². The second-order valence-electron chi connectivity index (χ2n) is 6.20. The normalized spacial score (nSPS) is 11.8. The van der Waals surface area contributed by atoms with E-state index in [-0.39, 0.29) is 5.75 Å². The van der Waals surface area contributed by atoms with Crippen molar-refractivity contribution >= 4 is 26.7 Å². The van der Waals surface area contributed by atoms with E-state index >= 15 is 0 Å². The fourth-order valence-electron chi connectivity index (χ4n) is 2.75. The van der Waals surface area contributed by atoms with E-state index in [1.54, 1.807) is 13.1 Å². The van der Waals surface area contributed by atoms with Gasteiger partial charge in [-0.1, -0.05) is 43.7 Å². The Morgan fingerprint density at radius 3 is 2.60 bits per heavy atom. The SMILES string of the molecule is CCCCc1nc2ccc(N(C)S(=O)(=O)Cc3ccccc3)cc2[nH]1. The van der Waals surface area contributed by atoms with Gasteiger partial charge >= 0.3 is 0 Å². The molecule has 0 atom stereocenters. The third-order valence-electron chi connectivity index (χ3n) is 4.25. The molecule has 3 aromatic rings. The maximum Gasteiger partial charge on any atom is 0.239 e. The third-order valence-corrected chi connectivity index (χ3v) is 6.00. The van der Waals surface area contributed by atoms with Crippen LogP contribution in [0.25, 0.3) is 11.0 Å². The number of nitrogens with zero attached hydrogens (tertiary/aromatic N) is 2. The third kappa shape index (κ3) is 4.02. The van der Waals surface area contributed by atoms with E-state index in [4.69, 9.17) is 0 Å². The number of sulfonamides is 1. The van der Waals surface area contributed by atoms with Crippen LogP contribution in [0.15, 0.2) is 48.5 Å². The topological polar surface area (TPSA) is 66.1 Å². The highest BCUT2D eigenvalue weighted by Crippen LogP contribution is 2.23. The quantitative estimate of drug-likeness (QED) is 0.698. The summed E-state index contributed by atoms with van der Waals surface area (Å²) in [6.07, 6.45) is 3.10. The Labute approximate surface area is 148 Å². The monoisotopic (exact) mass is 357 g/mol. The Kier molecular flexibility index (Phi) is 5.08. The molecule has 0 aliphatic rings. The molecule has 0 fully saturated rings. The summed E-state index contributed by atoms with van der Waals surface area (Å²) < 4.78 is 26.7. The van der Waals surface area contributed by atoms with Gasteiger partial charge in [-0.25, -0.2) is 13.4 Å². The smallest absolute Gasteiger partial charge is 0.239 e. The highest BCUT2D eigenvalue weighted by atomic mass is 32.2. The first-order valence-corrected chi connectivity index (χ1v) is 10.1. The van der Waals surface area contributed by atoms with Gasteiger partial charge in [-0.3, -0.25) is 4.31 Å². The summed E-state index contributed by atoms with van der Waals surface area (Å²) in [6.45, 7) is 2.15. The molecule has 1 N–H and O–H groups in total. The van der Waals surface area contributed by atoms with Gasteiger partial charge in [-0.15, -0.1) is 0 Å². The van der Waals surface area contributed by atoms with Crippen molar-refractivity contribution in [2.24, 2.45) is 0 Å². The molecular weight excluding hydrogens is 334 g/mol. The highest BCUT2D eigenvalue weighted by Gasteiger charge is 2.19. The average molecular weight is 357 g/mol. The minimum Gasteiger partial charge on any atom is -0.342 e. The molecule has 1 heterocycles. The first-order chi connectivity index (χ1) is 12.0. The summed E-state index contributed by atoms with van der Waals surface area (Å²) in [5, 5.41) is 0. The Bertz CT molecular complexity index is 949. The van der Waals surface area contributed by atoms with Crippen molar-refractivity contribution in [3.05, 3.63) is 59.9 Å². The van der Waals surface area contributed by atoms with Crippen molar-refractivity contribution in [1.29, 1.82) is 0 Å². The summed E-state index contributed by atoms with van der Waals surface area (Å²) >= 11 is 0. The van der Waals surface area contributed by atoms with E-state index in [9.17, 15) is 8.42 Å². The van der Waals surface area contributed by atoms with Crippen molar-refractivity contribution < 1.29 is 8.42 Å². The van der Waals surface area contributed by atoms with Crippen molar-refractivity contribution in [3.63, 3.8) is 0 Å². The maximum atomic E-state index is 12.7. The van der Waals surface area contributed by atoms with Gasteiger partial charge in [0.05, 0.1) is 22.5 Å². The number of aryl methyl sites for hydroxylation is 1. The number of imidazole rings is 1. The zero-order chi connectivity index (χ0) is 17.9. The lowest BCUT2D eigenvalue weighted by Crippen LogP contribution is -2.27. The Morgan fingerprint density at radius 1 is 1.12 bits per heavy atom. The van der Waals surface area contributed by atoms with E-state index in [1.807, 2.05) is 42.5 Å². The number of benzene rings is 2. The molecule has 6 heteroatoms. The summed E-state index contributed by atoms with van der Waals surface area (Å²) in [4.78, 5) is 7.85. The number of rotatable bonds is 7. The van der Waals surface area contributed by atoms with Crippen molar-refractivity contribution in [2.45, 2.75) is 31.9 Å². The average Bonchev–Trinajstić information content (AvgIpc) is 3.01. The number of nitrogens with one attached hydrogen (secondary N) is 1. The molecule has 3 rings (SSSR count). The molecule has 5 nitrogen and oxygen atoms in total. The molecule has 25 heavy (non-hydrogen) atoms. The van der Waals surface area contributed by atoms with Gasteiger partial charge in [0.25, 0.3) is 0 Å². The van der Waals surface area contributed by atoms with E-state index in [0.717, 1.165) is 41.7 Å². The van der Waals surface area contributed by atoms with Crippen LogP contribution < -0.4 is 4.31 Å². The van der Waals surface area contributed by atoms with Crippen LogP contribution in [0, 0.1) is 0 Å². The molecule has 1 aromatic heterocycles. The molecule has 0 radical (unpaired) electrons. The number of anilines is 1. The zero-order valence-corrected chi connectivity index (χ0v) is 15.4.